The molecule has 3 aromatic rings. The summed E-state index contributed by atoms with van der Waals surface area (Å²) < 4.78 is 7.26. The number of imide groups is 2. The van der Waals surface area contributed by atoms with E-state index in [2.05, 4.69) is 45.4 Å². The van der Waals surface area contributed by atoms with E-state index >= 15 is 0 Å². The third-order valence-electron chi connectivity index (χ3n) is 3.49. The summed E-state index contributed by atoms with van der Waals surface area (Å²) in [7, 11) is 0. The van der Waals surface area contributed by atoms with Gasteiger partial charge in [0.2, 0.25) is 0 Å². The lowest BCUT2D eigenvalue weighted by Gasteiger charge is -2.12. The average molecular weight is 447 g/mol. The highest BCUT2D eigenvalue weighted by molar-refractivity contribution is 7.08. The number of carbonyl (C=O) groups is 4. The smallest absolute Gasteiger partial charge is 0.306 e. The zero-order chi connectivity index (χ0) is 21.7. The Kier molecular flexibility index (Phi) is 6.33. The van der Waals surface area contributed by atoms with Crippen LogP contribution in [0, 0.1) is 13.8 Å². The molecule has 0 saturated heterocycles. The Morgan fingerprint density at radius 1 is 0.800 bits per heavy atom. The molecule has 13 nitrogen and oxygen atoms in total. The molecule has 30 heavy (non-hydrogen) atoms. The van der Waals surface area contributed by atoms with Crippen LogP contribution in [-0.4, -0.2) is 48.0 Å². The second-order valence-corrected chi connectivity index (χ2v) is 7.12. The van der Waals surface area contributed by atoms with Gasteiger partial charge in [-0.15, -0.1) is 10.2 Å². The number of aromatic nitrogens is 5. The monoisotopic (exact) mass is 447 g/mol. The highest BCUT2D eigenvalue weighted by Gasteiger charge is 2.19. The third kappa shape index (κ3) is 4.95. The van der Waals surface area contributed by atoms with Crippen molar-refractivity contribution >= 4 is 58.3 Å². The lowest BCUT2D eigenvalue weighted by atomic mass is 10.3. The summed E-state index contributed by atoms with van der Waals surface area (Å²) >= 11 is 1.71. The fraction of sp³-hybridized carbons (Fsp3) is 0.133. The number of urea groups is 2. The number of hydrogen-bond acceptors (Lipinski definition) is 11. The van der Waals surface area contributed by atoms with E-state index < -0.39 is 23.9 Å². The van der Waals surface area contributed by atoms with Gasteiger partial charge in [0, 0.05) is 6.20 Å². The van der Waals surface area contributed by atoms with E-state index in [0.29, 0.717) is 11.4 Å². The van der Waals surface area contributed by atoms with Gasteiger partial charge >= 0.3 is 12.1 Å². The predicted molar refractivity (Wildman–Crippen MR) is 106 cm³/mol. The SMILES string of the molecule is Cc1nnsc1C(=O)NC(=O)Nc1ccncc1NC(=O)NC(=O)c1snnc1C. The van der Waals surface area contributed by atoms with E-state index in [1.807, 2.05) is 0 Å². The number of nitrogens with zero attached hydrogens (tertiary/aromatic N) is 5. The van der Waals surface area contributed by atoms with Gasteiger partial charge in [0.05, 0.1) is 29.0 Å². The molecule has 0 aliphatic carbocycles. The minimum atomic E-state index is -0.855. The van der Waals surface area contributed by atoms with Crippen molar-refractivity contribution in [3.8, 4) is 0 Å². The fourth-order valence-corrected chi connectivity index (χ4v) is 3.21. The summed E-state index contributed by atoms with van der Waals surface area (Å²) in [5.74, 6) is -1.34. The number of hydrogen-bond donors (Lipinski definition) is 4. The topological polar surface area (TPSA) is 181 Å². The summed E-state index contributed by atoms with van der Waals surface area (Å²) in [5.41, 5.74) is 1.03. The first kappa shape index (κ1) is 20.9. The molecule has 0 aliphatic heterocycles. The zero-order valence-corrected chi connectivity index (χ0v) is 17.1. The fourth-order valence-electron chi connectivity index (χ4n) is 2.11. The van der Waals surface area contributed by atoms with Crippen LogP contribution in [0.15, 0.2) is 18.5 Å². The van der Waals surface area contributed by atoms with Crippen molar-refractivity contribution in [2.24, 2.45) is 0 Å². The number of aryl methyl sites for hydroxylation is 2. The summed E-state index contributed by atoms with van der Waals surface area (Å²) in [4.78, 5) is 52.7. The number of carbonyl (C=O) groups excluding carboxylic acids is 4. The standard InChI is InChI=1S/C15H13N9O4S2/c1-6-10(29-23-21-6)12(25)19-14(27)17-8-3-4-16-5-9(8)18-15(28)20-13(26)11-7(2)22-24-30-11/h3-5H,1-2H3,(H2,18,20,26,28)(H2,16,17,19,25,27). The summed E-state index contributed by atoms with van der Waals surface area (Å²) in [6.07, 6.45) is 2.63. The van der Waals surface area contributed by atoms with Gasteiger partial charge < -0.3 is 10.6 Å². The van der Waals surface area contributed by atoms with Crippen LogP contribution in [0.3, 0.4) is 0 Å². The Morgan fingerprint density at radius 2 is 1.30 bits per heavy atom. The molecule has 0 saturated carbocycles. The minimum Gasteiger partial charge on any atom is -0.306 e. The second-order valence-electron chi connectivity index (χ2n) is 5.61. The molecule has 3 aromatic heterocycles. The maximum Gasteiger partial charge on any atom is 0.326 e. The van der Waals surface area contributed by atoms with Gasteiger partial charge in [-0.1, -0.05) is 8.98 Å². The number of pyridine rings is 1. The molecule has 0 fully saturated rings. The number of rotatable bonds is 4. The molecule has 0 aromatic carbocycles. The molecule has 0 aliphatic rings. The summed E-state index contributed by atoms with van der Waals surface area (Å²) in [5, 5.41) is 16.5. The predicted octanol–water partition coefficient (Wildman–Crippen LogP) is 1.33. The Labute approximate surface area is 176 Å². The van der Waals surface area contributed by atoms with Crippen molar-refractivity contribution in [1.82, 2.24) is 34.8 Å². The molecule has 0 unspecified atom stereocenters. The van der Waals surface area contributed by atoms with Crippen LogP contribution >= 0.6 is 23.1 Å². The molecular formula is C15H13N9O4S2. The van der Waals surface area contributed by atoms with Gasteiger partial charge in [-0.25, -0.2) is 9.59 Å². The van der Waals surface area contributed by atoms with E-state index in [4.69, 9.17) is 0 Å². The van der Waals surface area contributed by atoms with Crippen LogP contribution in [0.1, 0.15) is 30.7 Å². The number of nitrogens with one attached hydrogen (secondary N) is 4. The highest BCUT2D eigenvalue weighted by atomic mass is 32.1. The molecule has 3 heterocycles. The molecule has 0 bridgehead atoms. The lowest BCUT2D eigenvalue weighted by molar-refractivity contribution is 0.0960. The Hall–Kier alpha value is -3.85. The maximum absolute atomic E-state index is 12.1. The van der Waals surface area contributed by atoms with Crippen LogP contribution in [0.4, 0.5) is 21.0 Å². The summed E-state index contributed by atoms with van der Waals surface area (Å²) in [6, 6.07) is -0.297. The van der Waals surface area contributed by atoms with E-state index in [-0.39, 0.29) is 21.1 Å². The van der Waals surface area contributed by atoms with Crippen molar-refractivity contribution in [1.29, 1.82) is 0 Å². The normalized spacial score (nSPS) is 10.2. The van der Waals surface area contributed by atoms with Crippen molar-refractivity contribution in [2.75, 3.05) is 10.6 Å². The molecule has 0 spiro atoms. The maximum atomic E-state index is 12.1. The quantitative estimate of drug-likeness (QED) is 0.458. The molecule has 4 N–H and O–H groups in total. The minimum absolute atomic E-state index is 0.0974. The van der Waals surface area contributed by atoms with Crippen molar-refractivity contribution in [2.45, 2.75) is 13.8 Å². The zero-order valence-electron chi connectivity index (χ0n) is 15.4. The van der Waals surface area contributed by atoms with E-state index in [0.717, 1.165) is 23.1 Å². The van der Waals surface area contributed by atoms with Crippen LogP contribution in [0.5, 0.6) is 0 Å². The first-order valence-corrected chi connectivity index (χ1v) is 9.66. The Morgan fingerprint density at radius 3 is 1.77 bits per heavy atom. The van der Waals surface area contributed by atoms with Crippen molar-refractivity contribution < 1.29 is 19.2 Å². The number of amides is 6. The van der Waals surface area contributed by atoms with E-state index in [1.165, 1.54) is 18.5 Å². The second kappa shape index (κ2) is 9.10. The van der Waals surface area contributed by atoms with Crippen LogP contribution < -0.4 is 21.3 Å². The first-order chi connectivity index (χ1) is 14.3. The third-order valence-corrected chi connectivity index (χ3v) is 5.14. The molecule has 0 atom stereocenters. The average Bonchev–Trinajstić information content (AvgIpc) is 3.31. The molecule has 0 radical (unpaired) electrons. The Balaban J connectivity index is 1.62. The molecule has 3 rings (SSSR count). The highest BCUT2D eigenvalue weighted by Crippen LogP contribution is 2.19. The summed E-state index contributed by atoms with van der Waals surface area (Å²) in [6.45, 7) is 3.17. The van der Waals surface area contributed by atoms with Crippen LogP contribution in [0.25, 0.3) is 0 Å². The van der Waals surface area contributed by atoms with Crippen LogP contribution in [0.2, 0.25) is 0 Å². The van der Waals surface area contributed by atoms with E-state index in [1.54, 1.807) is 13.8 Å². The van der Waals surface area contributed by atoms with Gasteiger partial charge in [-0.05, 0) is 43.0 Å². The van der Waals surface area contributed by atoms with Gasteiger partial charge in [-0.3, -0.25) is 25.2 Å². The lowest BCUT2D eigenvalue weighted by Crippen LogP contribution is -2.36. The molecule has 15 heteroatoms. The molecule has 6 amide bonds. The molecular weight excluding hydrogens is 434 g/mol. The van der Waals surface area contributed by atoms with Crippen molar-refractivity contribution in [3.63, 3.8) is 0 Å². The van der Waals surface area contributed by atoms with Crippen LogP contribution in [-0.2, 0) is 0 Å². The number of anilines is 2. The van der Waals surface area contributed by atoms with Gasteiger partial charge in [0.15, 0.2) is 0 Å². The first-order valence-electron chi connectivity index (χ1n) is 8.11. The van der Waals surface area contributed by atoms with Gasteiger partial charge in [0.1, 0.15) is 9.75 Å². The molecule has 154 valence electrons. The Bertz CT molecular complexity index is 1040. The van der Waals surface area contributed by atoms with Gasteiger partial charge in [-0.2, -0.15) is 0 Å². The van der Waals surface area contributed by atoms with E-state index in [9.17, 15) is 19.2 Å². The largest absolute Gasteiger partial charge is 0.326 e. The van der Waals surface area contributed by atoms with Gasteiger partial charge in [0.25, 0.3) is 11.8 Å². The van der Waals surface area contributed by atoms with Crippen molar-refractivity contribution in [3.05, 3.63) is 39.6 Å².